The highest BCUT2D eigenvalue weighted by atomic mass is 14.5. The summed E-state index contributed by atoms with van der Waals surface area (Å²) >= 11 is 0. The monoisotopic (exact) mass is 288 g/mol. The first-order valence-corrected chi connectivity index (χ1v) is 7.47. The third-order valence-electron chi connectivity index (χ3n) is 3.74. The van der Waals surface area contributed by atoms with E-state index in [4.69, 9.17) is 11.5 Å². The fourth-order valence-electron chi connectivity index (χ4n) is 2.60. The highest BCUT2D eigenvalue weighted by molar-refractivity contribution is 5.63. The third kappa shape index (κ3) is 3.67. The van der Waals surface area contributed by atoms with E-state index in [2.05, 4.69) is 36.4 Å². The summed E-state index contributed by atoms with van der Waals surface area (Å²) in [7, 11) is 0. The molecule has 2 aromatic carbocycles. The molecule has 0 fully saturated rings. The molecule has 0 saturated carbocycles. The molecule has 0 aliphatic heterocycles. The van der Waals surface area contributed by atoms with E-state index in [-0.39, 0.29) is 0 Å². The minimum Gasteiger partial charge on any atom is -0.399 e. The van der Waals surface area contributed by atoms with Crippen LogP contribution in [0.2, 0.25) is 0 Å². The summed E-state index contributed by atoms with van der Waals surface area (Å²) in [6.45, 7) is 0. The van der Waals surface area contributed by atoms with E-state index in [1.54, 1.807) is 0 Å². The second kappa shape index (κ2) is 6.35. The third-order valence-corrected chi connectivity index (χ3v) is 3.74. The van der Waals surface area contributed by atoms with Crippen molar-refractivity contribution in [1.29, 1.82) is 0 Å². The largest absolute Gasteiger partial charge is 0.399 e. The molecule has 110 valence electrons. The SMILES string of the molecule is Nc1ccc(C=C2C=CCC(=Cc3ccc(N)cc3)C2)cc1. The van der Waals surface area contributed by atoms with Crippen LogP contribution in [0.25, 0.3) is 12.2 Å². The Balaban J connectivity index is 1.79. The standard InChI is InChI=1S/C20H20N2/c21-19-8-4-15(5-9-19)12-17-2-1-3-18(14-17)13-16-6-10-20(22)11-7-16/h1-2,4-13H,3,14,21-22H2. The summed E-state index contributed by atoms with van der Waals surface area (Å²) in [6, 6.07) is 16.0. The summed E-state index contributed by atoms with van der Waals surface area (Å²) in [6.07, 6.45) is 10.9. The molecule has 22 heavy (non-hydrogen) atoms. The van der Waals surface area contributed by atoms with Crippen LogP contribution in [0.15, 0.2) is 71.8 Å². The van der Waals surface area contributed by atoms with Crippen molar-refractivity contribution in [2.45, 2.75) is 12.8 Å². The van der Waals surface area contributed by atoms with Crippen molar-refractivity contribution in [1.82, 2.24) is 0 Å². The summed E-state index contributed by atoms with van der Waals surface area (Å²) in [5.41, 5.74) is 18.2. The smallest absolute Gasteiger partial charge is 0.0314 e. The van der Waals surface area contributed by atoms with Gasteiger partial charge < -0.3 is 11.5 Å². The van der Waals surface area contributed by atoms with Crippen molar-refractivity contribution in [3.63, 3.8) is 0 Å². The Morgan fingerprint density at radius 3 is 1.86 bits per heavy atom. The van der Waals surface area contributed by atoms with Gasteiger partial charge in [-0.3, -0.25) is 0 Å². The zero-order valence-corrected chi connectivity index (χ0v) is 12.5. The second-order valence-electron chi connectivity index (χ2n) is 5.64. The molecule has 0 aromatic heterocycles. The van der Waals surface area contributed by atoms with E-state index < -0.39 is 0 Å². The van der Waals surface area contributed by atoms with Crippen LogP contribution >= 0.6 is 0 Å². The van der Waals surface area contributed by atoms with Crippen molar-refractivity contribution in [3.8, 4) is 0 Å². The van der Waals surface area contributed by atoms with Crippen LogP contribution < -0.4 is 11.5 Å². The highest BCUT2D eigenvalue weighted by Gasteiger charge is 2.05. The lowest BCUT2D eigenvalue weighted by atomic mass is 9.93. The molecule has 1 aliphatic carbocycles. The predicted molar refractivity (Wildman–Crippen MR) is 96.0 cm³/mol. The van der Waals surface area contributed by atoms with Gasteiger partial charge in [-0.1, -0.05) is 54.1 Å². The molecule has 0 unspecified atom stereocenters. The van der Waals surface area contributed by atoms with Crippen molar-refractivity contribution in [2.24, 2.45) is 0 Å². The lowest BCUT2D eigenvalue weighted by molar-refractivity contribution is 1.05. The fourth-order valence-corrected chi connectivity index (χ4v) is 2.60. The molecule has 2 nitrogen and oxygen atoms in total. The second-order valence-corrected chi connectivity index (χ2v) is 5.64. The van der Waals surface area contributed by atoms with Crippen LogP contribution in [0.4, 0.5) is 11.4 Å². The molecule has 0 radical (unpaired) electrons. The normalized spacial score (nSPS) is 18.0. The molecule has 1 aliphatic rings. The molecular weight excluding hydrogens is 268 g/mol. The lowest BCUT2D eigenvalue weighted by Crippen LogP contribution is -1.92. The molecule has 2 aromatic rings. The van der Waals surface area contributed by atoms with Gasteiger partial charge in [-0.05, 0) is 53.8 Å². The Labute approximate surface area is 131 Å². The van der Waals surface area contributed by atoms with E-state index >= 15 is 0 Å². The van der Waals surface area contributed by atoms with Gasteiger partial charge in [0.05, 0.1) is 0 Å². The zero-order valence-electron chi connectivity index (χ0n) is 12.5. The van der Waals surface area contributed by atoms with Gasteiger partial charge >= 0.3 is 0 Å². The number of hydrogen-bond acceptors (Lipinski definition) is 2. The molecular formula is C20H20N2. The molecule has 0 saturated heterocycles. The van der Waals surface area contributed by atoms with Gasteiger partial charge in [0.25, 0.3) is 0 Å². The van der Waals surface area contributed by atoms with E-state index in [0.29, 0.717) is 0 Å². The number of hydrogen-bond donors (Lipinski definition) is 2. The number of allylic oxidation sites excluding steroid dienone is 4. The highest BCUT2D eigenvalue weighted by Crippen LogP contribution is 2.26. The van der Waals surface area contributed by atoms with E-state index in [9.17, 15) is 0 Å². The van der Waals surface area contributed by atoms with Crippen LogP contribution in [0.1, 0.15) is 24.0 Å². The van der Waals surface area contributed by atoms with Gasteiger partial charge in [-0.15, -0.1) is 0 Å². The molecule has 4 N–H and O–H groups in total. The van der Waals surface area contributed by atoms with E-state index in [1.165, 1.54) is 22.3 Å². The predicted octanol–water partition coefficient (Wildman–Crippen LogP) is 4.67. The quantitative estimate of drug-likeness (QED) is 0.789. The summed E-state index contributed by atoms with van der Waals surface area (Å²) in [5, 5.41) is 0. The molecule has 0 heterocycles. The number of nitrogens with two attached hydrogens (primary N) is 2. The minimum absolute atomic E-state index is 0.797. The van der Waals surface area contributed by atoms with Crippen molar-refractivity contribution in [3.05, 3.63) is 83.0 Å². The average Bonchev–Trinajstić information content (AvgIpc) is 2.52. The fraction of sp³-hybridized carbons (Fsp3) is 0.100. The van der Waals surface area contributed by atoms with Crippen LogP contribution in [-0.4, -0.2) is 0 Å². The Morgan fingerprint density at radius 2 is 1.27 bits per heavy atom. The first-order chi connectivity index (χ1) is 10.7. The van der Waals surface area contributed by atoms with Gasteiger partial charge in [0.2, 0.25) is 0 Å². The zero-order chi connectivity index (χ0) is 15.4. The molecule has 0 bridgehead atoms. The van der Waals surface area contributed by atoms with Crippen molar-refractivity contribution >= 4 is 23.5 Å². The molecule has 3 rings (SSSR count). The van der Waals surface area contributed by atoms with Gasteiger partial charge in [-0.25, -0.2) is 0 Å². The van der Waals surface area contributed by atoms with Crippen molar-refractivity contribution in [2.75, 3.05) is 11.5 Å². The molecule has 0 amide bonds. The van der Waals surface area contributed by atoms with Gasteiger partial charge in [0.15, 0.2) is 0 Å². The summed E-state index contributed by atoms with van der Waals surface area (Å²) in [5.74, 6) is 0. The Morgan fingerprint density at radius 1 is 0.727 bits per heavy atom. The van der Waals surface area contributed by atoms with Crippen LogP contribution in [0.5, 0.6) is 0 Å². The minimum atomic E-state index is 0.797. The number of nitrogen functional groups attached to an aromatic ring is 2. The van der Waals surface area contributed by atoms with Crippen LogP contribution in [0.3, 0.4) is 0 Å². The number of rotatable bonds is 2. The van der Waals surface area contributed by atoms with Crippen LogP contribution in [0, 0.1) is 0 Å². The van der Waals surface area contributed by atoms with Crippen LogP contribution in [-0.2, 0) is 0 Å². The summed E-state index contributed by atoms with van der Waals surface area (Å²) in [4.78, 5) is 0. The topological polar surface area (TPSA) is 52.0 Å². The van der Waals surface area contributed by atoms with Gasteiger partial charge in [0.1, 0.15) is 0 Å². The molecule has 0 spiro atoms. The average molecular weight is 288 g/mol. The molecule has 2 heteroatoms. The lowest BCUT2D eigenvalue weighted by Gasteiger charge is -2.12. The first kappa shape index (κ1) is 14.2. The maximum Gasteiger partial charge on any atom is 0.0314 e. The Kier molecular flexibility index (Phi) is 4.10. The van der Waals surface area contributed by atoms with E-state index in [1.807, 2.05) is 36.4 Å². The number of anilines is 2. The Bertz CT molecular complexity index is 732. The van der Waals surface area contributed by atoms with E-state index in [0.717, 1.165) is 24.2 Å². The van der Waals surface area contributed by atoms with Gasteiger partial charge in [-0.2, -0.15) is 0 Å². The molecule has 0 atom stereocenters. The van der Waals surface area contributed by atoms with Gasteiger partial charge in [0, 0.05) is 11.4 Å². The maximum absolute atomic E-state index is 5.73. The summed E-state index contributed by atoms with van der Waals surface area (Å²) < 4.78 is 0. The van der Waals surface area contributed by atoms with Crippen molar-refractivity contribution < 1.29 is 0 Å². The Hall–Kier alpha value is -2.74. The number of benzene rings is 2. The maximum atomic E-state index is 5.73. The first-order valence-electron chi connectivity index (χ1n) is 7.47.